The predicted molar refractivity (Wildman–Crippen MR) is 174 cm³/mol. The van der Waals surface area contributed by atoms with Gasteiger partial charge in [0.2, 0.25) is 0 Å². The molecule has 2 aliphatic rings. The lowest BCUT2D eigenvalue weighted by Crippen LogP contribution is -2.44. The molecule has 1 nitrogen and oxygen atoms in total. The number of hydrogen-bond acceptors (Lipinski definition) is 1. The van der Waals surface area contributed by atoms with Gasteiger partial charge in [0, 0.05) is 0 Å². The molecule has 0 saturated heterocycles. The molecule has 2 aliphatic carbocycles. The number of fused-ring (bicyclic) bond motifs is 4. The van der Waals surface area contributed by atoms with Crippen LogP contribution in [-0.2, 0) is 15.9 Å². The molecular weight excluding hydrogens is 496 g/mol. The Balaban J connectivity index is 1.44. The van der Waals surface area contributed by atoms with Gasteiger partial charge in [-0.25, -0.2) is 0 Å². The molecule has 0 spiro atoms. The molecule has 2 fully saturated rings. The minimum atomic E-state index is -0.325. The quantitative estimate of drug-likeness (QED) is 0.204. The van der Waals surface area contributed by atoms with E-state index >= 15 is 0 Å². The van der Waals surface area contributed by atoms with Gasteiger partial charge in [-0.2, -0.15) is 0 Å². The molecule has 2 saturated carbocycles. The second-order valence-corrected chi connectivity index (χ2v) is 12.6. The molecule has 0 heterocycles. The molecule has 0 amide bonds. The van der Waals surface area contributed by atoms with Crippen molar-refractivity contribution < 1.29 is 4.74 Å². The average Bonchev–Trinajstić information content (AvgIpc) is 3.03. The van der Waals surface area contributed by atoms with Gasteiger partial charge in [0.25, 0.3) is 0 Å². The van der Waals surface area contributed by atoms with E-state index in [4.69, 9.17) is 4.74 Å². The van der Waals surface area contributed by atoms with Crippen molar-refractivity contribution in [2.24, 2.45) is 0 Å². The summed E-state index contributed by atoms with van der Waals surface area (Å²) in [6.07, 6.45) is 11.7. The first-order valence-electron chi connectivity index (χ1n) is 15.8. The normalized spacial score (nSPS) is 18.7. The second kappa shape index (κ2) is 10.00. The van der Waals surface area contributed by atoms with E-state index in [-0.39, 0.29) is 11.2 Å². The fraction of sp³-hybridized carbons (Fsp3) is 0.300. The topological polar surface area (TPSA) is 9.23 Å². The van der Waals surface area contributed by atoms with Gasteiger partial charge in [-0.1, -0.05) is 136 Å². The smallest absolute Gasteiger partial charge is 0.0955 e. The minimum Gasteiger partial charge on any atom is -0.359 e. The van der Waals surface area contributed by atoms with Crippen LogP contribution < -0.4 is 0 Å². The molecule has 204 valence electrons. The summed E-state index contributed by atoms with van der Waals surface area (Å²) in [5, 5.41) is 10.7. The van der Waals surface area contributed by atoms with Gasteiger partial charge >= 0.3 is 0 Å². The van der Waals surface area contributed by atoms with Gasteiger partial charge in [-0.15, -0.1) is 0 Å². The van der Waals surface area contributed by atoms with Crippen molar-refractivity contribution in [1.29, 1.82) is 0 Å². The highest BCUT2D eigenvalue weighted by atomic mass is 16.5. The third-order valence-corrected chi connectivity index (χ3v) is 10.2. The summed E-state index contributed by atoms with van der Waals surface area (Å²) in [6.45, 7) is 0. The van der Waals surface area contributed by atoms with E-state index in [1.54, 1.807) is 0 Å². The van der Waals surface area contributed by atoms with Crippen molar-refractivity contribution in [2.45, 2.75) is 75.4 Å². The van der Waals surface area contributed by atoms with E-state index < -0.39 is 0 Å². The van der Waals surface area contributed by atoms with E-state index in [1.165, 1.54) is 92.7 Å². The Morgan fingerprint density at radius 3 is 0.976 bits per heavy atom. The third-order valence-electron chi connectivity index (χ3n) is 10.2. The SMILES string of the molecule is c1ccc2c(C3(OC4(c5c6ccccc6cc6ccccc56)CCCCC4)CCCCC3)c3ccccc3cc2c1. The van der Waals surface area contributed by atoms with Crippen molar-refractivity contribution in [3.05, 3.63) is 120 Å². The zero-order valence-electron chi connectivity index (χ0n) is 23.9. The zero-order chi connectivity index (χ0) is 27.3. The second-order valence-electron chi connectivity index (χ2n) is 12.6. The lowest BCUT2D eigenvalue weighted by molar-refractivity contribution is -0.194. The van der Waals surface area contributed by atoms with Crippen molar-refractivity contribution in [1.82, 2.24) is 0 Å². The van der Waals surface area contributed by atoms with Crippen molar-refractivity contribution in [3.63, 3.8) is 0 Å². The maximum Gasteiger partial charge on any atom is 0.0955 e. The van der Waals surface area contributed by atoms with Crippen LogP contribution in [0.2, 0.25) is 0 Å². The summed E-state index contributed by atoms with van der Waals surface area (Å²) in [5.74, 6) is 0. The van der Waals surface area contributed by atoms with Crippen LogP contribution in [0.15, 0.2) is 109 Å². The Morgan fingerprint density at radius 2 is 0.659 bits per heavy atom. The Labute approximate surface area is 243 Å². The van der Waals surface area contributed by atoms with E-state index in [9.17, 15) is 0 Å². The largest absolute Gasteiger partial charge is 0.359 e. The predicted octanol–water partition coefficient (Wildman–Crippen LogP) is 11.3. The highest BCUT2D eigenvalue weighted by molar-refractivity contribution is 6.04. The van der Waals surface area contributed by atoms with Crippen LogP contribution in [0.5, 0.6) is 0 Å². The maximum atomic E-state index is 8.11. The first kappa shape index (κ1) is 25.1. The fourth-order valence-corrected chi connectivity index (χ4v) is 8.44. The van der Waals surface area contributed by atoms with Gasteiger partial charge in [-0.3, -0.25) is 0 Å². The number of benzene rings is 6. The first-order chi connectivity index (χ1) is 20.3. The molecule has 0 unspecified atom stereocenters. The standard InChI is InChI=1S/C40H38O/c1-11-23-39(24-12-1,37-33-19-7-3-15-29(33)27-30-16-4-8-20-34(30)37)41-40(25-13-2-14-26-40)38-35-21-9-5-17-31(35)28-32-18-6-10-22-36(32)38/h3-10,15-22,27-28H,1-2,11-14,23-26H2. The Kier molecular flexibility index (Phi) is 6.11. The van der Waals surface area contributed by atoms with Gasteiger partial charge in [0.15, 0.2) is 0 Å². The van der Waals surface area contributed by atoms with Crippen LogP contribution >= 0.6 is 0 Å². The van der Waals surface area contributed by atoms with E-state index in [0.717, 1.165) is 25.7 Å². The molecule has 41 heavy (non-hydrogen) atoms. The number of hydrogen-bond donors (Lipinski definition) is 0. The first-order valence-corrected chi connectivity index (χ1v) is 15.8. The minimum absolute atomic E-state index is 0.325. The van der Waals surface area contributed by atoms with Crippen LogP contribution in [0.25, 0.3) is 43.1 Å². The molecule has 6 aromatic carbocycles. The van der Waals surface area contributed by atoms with Crippen LogP contribution in [0.4, 0.5) is 0 Å². The lowest BCUT2D eigenvalue weighted by Gasteiger charge is -2.49. The molecule has 0 atom stereocenters. The number of rotatable bonds is 4. The van der Waals surface area contributed by atoms with Gasteiger partial charge in [0.05, 0.1) is 11.2 Å². The van der Waals surface area contributed by atoms with Crippen molar-refractivity contribution >= 4 is 43.1 Å². The summed E-state index contributed by atoms with van der Waals surface area (Å²) >= 11 is 0. The molecule has 1 heteroatoms. The molecule has 0 N–H and O–H groups in total. The summed E-state index contributed by atoms with van der Waals surface area (Å²) in [6, 6.07) is 40.9. The highest BCUT2D eigenvalue weighted by Gasteiger charge is 2.47. The molecular formula is C40H38O. The number of ether oxygens (including phenoxy) is 1. The maximum absolute atomic E-state index is 8.11. The molecule has 0 radical (unpaired) electrons. The fourth-order valence-electron chi connectivity index (χ4n) is 8.44. The van der Waals surface area contributed by atoms with E-state index in [2.05, 4.69) is 109 Å². The lowest BCUT2D eigenvalue weighted by atomic mass is 9.72. The van der Waals surface area contributed by atoms with Gasteiger partial charge in [-0.05, 0) is 92.0 Å². The van der Waals surface area contributed by atoms with Crippen LogP contribution in [-0.4, -0.2) is 0 Å². The monoisotopic (exact) mass is 534 g/mol. The van der Waals surface area contributed by atoms with E-state index in [0.29, 0.717) is 0 Å². The molecule has 0 bridgehead atoms. The Bertz CT molecular complexity index is 1640. The average molecular weight is 535 g/mol. The van der Waals surface area contributed by atoms with E-state index in [1.807, 2.05) is 0 Å². The molecule has 6 aromatic rings. The molecule has 0 aliphatic heterocycles. The summed E-state index contributed by atoms with van der Waals surface area (Å²) < 4.78 is 8.11. The summed E-state index contributed by atoms with van der Waals surface area (Å²) in [5.41, 5.74) is 2.21. The third kappa shape index (κ3) is 4.09. The Morgan fingerprint density at radius 1 is 0.366 bits per heavy atom. The highest BCUT2D eigenvalue weighted by Crippen LogP contribution is 2.55. The van der Waals surface area contributed by atoms with Gasteiger partial charge < -0.3 is 4.74 Å². The Hall–Kier alpha value is -3.68. The molecule has 8 rings (SSSR count). The van der Waals surface area contributed by atoms with Crippen molar-refractivity contribution in [2.75, 3.05) is 0 Å². The van der Waals surface area contributed by atoms with Crippen LogP contribution in [0, 0.1) is 0 Å². The molecule has 0 aromatic heterocycles. The zero-order valence-corrected chi connectivity index (χ0v) is 23.9. The van der Waals surface area contributed by atoms with Crippen molar-refractivity contribution in [3.8, 4) is 0 Å². The summed E-state index contributed by atoms with van der Waals surface area (Å²) in [7, 11) is 0. The van der Waals surface area contributed by atoms with Gasteiger partial charge in [0.1, 0.15) is 0 Å². The summed E-state index contributed by atoms with van der Waals surface area (Å²) in [4.78, 5) is 0. The van der Waals surface area contributed by atoms with Crippen LogP contribution in [0.3, 0.4) is 0 Å². The van der Waals surface area contributed by atoms with Crippen LogP contribution in [0.1, 0.15) is 75.3 Å².